The number of hydrogen-bond acceptors (Lipinski definition) is 3. The molecule has 0 fully saturated rings. The van der Waals surface area contributed by atoms with E-state index in [1.54, 1.807) is 0 Å². The van der Waals surface area contributed by atoms with Crippen molar-refractivity contribution in [1.82, 2.24) is 19.8 Å². The zero-order chi connectivity index (χ0) is 22.5. The molecule has 0 radical (unpaired) electrons. The van der Waals surface area contributed by atoms with Crippen molar-refractivity contribution in [3.05, 3.63) is 65.5 Å². The Hall–Kier alpha value is -3.15. The van der Waals surface area contributed by atoms with Crippen LogP contribution in [0.5, 0.6) is 0 Å². The number of amides is 2. The molecule has 0 atom stereocenters. The van der Waals surface area contributed by atoms with Crippen molar-refractivity contribution in [2.24, 2.45) is 0 Å². The van der Waals surface area contributed by atoms with E-state index in [4.69, 9.17) is 4.98 Å². The summed E-state index contributed by atoms with van der Waals surface area (Å²) in [7, 11) is 0. The van der Waals surface area contributed by atoms with Crippen molar-refractivity contribution < 1.29 is 9.59 Å². The molecule has 6 nitrogen and oxygen atoms in total. The summed E-state index contributed by atoms with van der Waals surface area (Å²) in [6, 6.07) is 15.6. The molecule has 3 rings (SSSR count). The monoisotopic (exact) mass is 420 g/mol. The van der Waals surface area contributed by atoms with Crippen LogP contribution in [-0.4, -0.2) is 44.9 Å². The molecule has 0 aliphatic rings. The third kappa shape index (κ3) is 5.32. The molecule has 0 saturated heterocycles. The van der Waals surface area contributed by atoms with Crippen molar-refractivity contribution in [3.8, 4) is 0 Å². The van der Waals surface area contributed by atoms with E-state index in [2.05, 4.69) is 5.32 Å². The lowest BCUT2D eigenvalue weighted by Crippen LogP contribution is -2.43. The number of carbonyl (C=O) groups is 2. The maximum atomic E-state index is 13.1. The maximum Gasteiger partial charge on any atom is 0.251 e. The number of carbonyl (C=O) groups excluding carboxylic acids is 2. The number of rotatable bonds is 8. The third-order valence-electron chi connectivity index (χ3n) is 5.34. The Labute approximate surface area is 184 Å². The summed E-state index contributed by atoms with van der Waals surface area (Å²) in [4.78, 5) is 32.2. The Kier molecular flexibility index (Phi) is 7.10. The molecule has 0 spiro atoms. The molecule has 6 heteroatoms. The van der Waals surface area contributed by atoms with Gasteiger partial charge in [-0.3, -0.25) is 9.59 Å². The average Bonchev–Trinajstić information content (AvgIpc) is 3.04. The highest BCUT2D eigenvalue weighted by Gasteiger charge is 2.22. The number of para-hydroxylation sites is 2. The molecule has 3 aromatic rings. The SMILES string of the molecule is Cc1cccc(C(=O)NCCc2nc3ccccc3n2CC(=O)N(C(C)C)C(C)C)c1. The predicted octanol–water partition coefficient (Wildman–Crippen LogP) is 3.96. The lowest BCUT2D eigenvalue weighted by atomic mass is 10.1. The first-order chi connectivity index (χ1) is 14.8. The van der Waals surface area contributed by atoms with Gasteiger partial charge < -0.3 is 14.8 Å². The Morgan fingerprint density at radius 3 is 2.42 bits per heavy atom. The van der Waals surface area contributed by atoms with Gasteiger partial charge in [-0.25, -0.2) is 4.98 Å². The van der Waals surface area contributed by atoms with Gasteiger partial charge in [0.05, 0.1) is 11.0 Å². The zero-order valence-electron chi connectivity index (χ0n) is 19.1. The van der Waals surface area contributed by atoms with E-state index in [0.29, 0.717) is 18.5 Å². The van der Waals surface area contributed by atoms with E-state index in [1.807, 2.05) is 92.6 Å². The van der Waals surface area contributed by atoms with Gasteiger partial charge in [-0.2, -0.15) is 0 Å². The van der Waals surface area contributed by atoms with Gasteiger partial charge in [-0.15, -0.1) is 0 Å². The molecule has 0 saturated carbocycles. The lowest BCUT2D eigenvalue weighted by molar-refractivity contribution is -0.135. The second-order valence-electron chi connectivity index (χ2n) is 8.47. The summed E-state index contributed by atoms with van der Waals surface area (Å²) in [5.74, 6) is 0.762. The van der Waals surface area contributed by atoms with Crippen molar-refractivity contribution in [2.75, 3.05) is 6.54 Å². The fourth-order valence-corrected chi connectivity index (χ4v) is 4.06. The Bertz CT molecular complexity index is 1060. The number of benzene rings is 2. The Morgan fingerprint density at radius 1 is 1.03 bits per heavy atom. The zero-order valence-corrected chi connectivity index (χ0v) is 19.1. The van der Waals surface area contributed by atoms with Gasteiger partial charge in [0.15, 0.2) is 0 Å². The van der Waals surface area contributed by atoms with Crippen molar-refractivity contribution in [2.45, 2.75) is 59.7 Å². The van der Waals surface area contributed by atoms with E-state index >= 15 is 0 Å². The normalized spacial score (nSPS) is 11.3. The van der Waals surface area contributed by atoms with E-state index in [-0.39, 0.29) is 30.4 Å². The molecule has 1 N–H and O–H groups in total. The second kappa shape index (κ2) is 9.77. The average molecular weight is 421 g/mol. The van der Waals surface area contributed by atoms with Gasteiger partial charge >= 0.3 is 0 Å². The highest BCUT2D eigenvalue weighted by molar-refractivity contribution is 5.94. The summed E-state index contributed by atoms with van der Waals surface area (Å²) in [6.45, 7) is 10.8. The molecule has 0 aliphatic carbocycles. The van der Waals surface area contributed by atoms with Crippen molar-refractivity contribution in [1.29, 1.82) is 0 Å². The van der Waals surface area contributed by atoms with Crippen LogP contribution in [0.25, 0.3) is 11.0 Å². The number of nitrogens with one attached hydrogen (secondary N) is 1. The number of hydrogen-bond donors (Lipinski definition) is 1. The molecule has 0 unspecified atom stereocenters. The van der Waals surface area contributed by atoms with E-state index < -0.39 is 0 Å². The van der Waals surface area contributed by atoms with Gasteiger partial charge in [0.25, 0.3) is 5.91 Å². The van der Waals surface area contributed by atoms with Crippen LogP contribution in [0.15, 0.2) is 48.5 Å². The minimum Gasteiger partial charge on any atom is -0.352 e. The van der Waals surface area contributed by atoms with Crippen LogP contribution >= 0.6 is 0 Å². The molecule has 31 heavy (non-hydrogen) atoms. The smallest absolute Gasteiger partial charge is 0.251 e. The van der Waals surface area contributed by atoms with Gasteiger partial charge in [-0.1, -0.05) is 29.8 Å². The van der Waals surface area contributed by atoms with Crippen LogP contribution in [-0.2, 0) is 17.8 Å². The molecule has 1 aromatic heterocycles. The number of fused-ring (bicyclic) bond motifs is 1. The molecule has 164 valence electrons. The summed E-state index contributed by atoms with van der Waals surface area (Å²) in [6.07, 6.45) is 0.545. The van der Waals surface area contributed by atoms with E-state index in [1.165, 1.54) is 0 Å². The minimum absolute atomic E-state index is 0.0678. The number of nitrogens with zero attached hydrogens (tertiary/aromatic N) is 3. The van der Waals surface area contributed by atoms with Crippen LogP contribution in [0.3, 0.4) is 0 Å². The highest BCUT2D eigenvalue weighted by atomic mass is 16.2. The molecule has 2 aromatic carbocycles. The van der Waals surface area contributed by atoms with Gasteiger partial charge in [0, 0.05) is 30.6 Å². The summed E-state index contributed by atoms with van der Waals surface area (Å²) in [5.41, 5.74) is 3.49. The molecule has 2 amide bonds. The Morgan fingerprint density at radius 2 is 1.74 bits per heavy atom. The summed E-state index contributed by atoms with van der Waals surface area (Å²) in [5, 5.41) is 2.97. The minimum atomic E-state index is -0.103. The maximum absolute atomic E-state index is 13.1. The molecule has 1 heterocycles. The number of aromatic nitrogens is 2. The van der Waals surface area contributed by atoms with Crippen LogP contribution in [0.2, 0.25) is 0 Å². The number of imidazole rings is 1. The molecular weight excluding hydrogens is 388 g/mol. The summed E-state index contributed by atoms with van der Waals surface area (Å²) < 4.78 is 1.98. The quantitative estimate of drug-likeness (QED) is 0.600. The van der Waals surface area contributed by atoms with Crippen LogP contribution in [0.1, 0.15) is 49.4 Å². The molecule has 0 aliphatic heterocycles. The first-order valence-corrected chi connectivity index (χ1v) is 10.9. The van der Waals surface area contributed by atoms with Gasteiger partial charge in [0.1, 0.15) is 12.4 Å². The van der Waals surface area contributed by atoms with Crippen LogP contribution < -0.4 is 5.32 Å². The lowest BCUT2D eigenvalue weighted by Gasteiger charge is -2.31. The van der Waals surface area contributed by atoms with E-state index in [9.17, 15) is 9.59 Å². The predicted molar refractivity (Wildman–Crippen MR) is 124 cm³/mol. The fourth-order valence-electron chi connectivity index (χ4n) is 4.06. The second-order valence-corrected chi connectivity index (χ2v) is 8.47. The Balaban J connectivity index is 1.77. The molecule has 0 bridgehead atoms. The van der Waals surface area contributed by atoms with Crippen molar-refractivity contribution in [3.63, 3.8) is 0 Å². The standard InChI is InChI=1S/C25H32N4O2/c1-17(2)29(18(3)4)24(30)16-28-22-12-7-6-11-21(22)27-23(28)13-14-26-25(31)20-10-8-9-19(5)15-20/h6-12,15,17-18H,13-14,16H2,1-5H3,(H,26,31). The van der Waals surface area contributed by atoms with Crippen molar-refractivity contribution >= 4 is 22.8 Å². The first kappa shape index (κ1) is 22.5. The summed E-state index contributed by atoms with van der Waals surface area (Å²) >= 11 is 0. The third-order valence-corrected chi connectivity index (χ3v) is 5.34. The largest absolute Gasteiger partial charge is 0.352 e. The van der Waals surface area contributed by atoms with Gasteiger partial charge in [-0.05, 0) is 58.9 Å². The van der Waals surface area contributed by atoms with Crippen LogP contribution in [0.4, 0.5) is 0 Å². The van der Waals surface area contributed by atoms with Crippen LogP contribution in [0, 0.1) is 6.92 Å². The molecular formula is C25H32N4O2. The fraction of sp³-hybridized carbons (Fsp3) is 0.400. The topological polar surface area (TPSA) is 67.2 Å². The van der Waals surface area contributed by atoms with Gasteiger partial charge in [0.2, 0.25) is 5.91 Å². The number of aryl methyl sites for hydroxylation is 1. The first-order valence-electron chi connectivity index (χ1n) is 10.9. The van der Waals surface area contributed by atoms with E-state index in [0.717, 1.165) is 22.4 Å². The highest BCUT2D eigenvalue weighted by Crippen LogP contribution is 2.18.